The van der Waals surface area contributed by atoms with Crippen molar-refractivity contribution in [2.75, 3.05) is 0 Å². The van der Waals surface area contributed by atoms with Crippen molar-refractivity contribution in [3.8, 4) is 0 Å². The van der Waals surface area contributed by atoms with Gasteiger partial charge in [-0.3, -0.25) is 11.3 Å². The van der Waals surface area contributed by atoms with Gasteiger partial charge in [0, 0.05) is 6.04 Å². The van der Waals surface area contributed by atoms with Crippen LogP contribution in [0.25, 0.3) is 0 Å². The van der Waals surface area contributed by atoms with Gasteiger partial charge >= 0.3 is 0 Å². The lowest BCUT2D eigenvalue weighted by molar-refractivity contribution is 0.549. The Balaban J connectivity index is 2.17. The number of hydrogen-bond donors (Lipinski definition) is 2. The van der Waals surface area contributed by atoms with Crippen molar-refractivity contribution in [3.05, 3.63) is 71.0 Å². The van der Waals surface area contributed by atoms with E-state index in [1.54, 1.807) is 12.1 Å². The maximum Gasteiger partial charge on any atom is 0.123 e. The van der Waals surface area contributed by atoms with E-state index in [0.29, 0.717) is 0 Å². The van der Waals surface area contributed by atoms with E-state index in [4.69, 9.17) is 5.84 Å². The van der Waals surface area contributed by atoms with Crippen molar-refractivity contribution in [1.29, 1.82) is 0 Å². The summed E-state index contributed by atoms with van der Waals surface area (Å²) in [7, 11) is 0. The summed E-state index contributed by atoms with van der Waals surface area (Å²) in [5, 5.41) is 0. The SMILES string of the molecule is Cc1cccc(CC(NN)c2ccc(F)cc2)c1. The fourth-order valence-electron chi connectivity index (χ4n) is 2.04. The van der Waals surface area contributed by atoms with Crippen LogP contribution >= 0.6 is 0 Å². The number of nitrogens with two attached hydrogens (primary N) is 1. The average molecular weight is 244 g/mol. The largest absolute Gasteiger partial charge is 0.271 e. The van der Waals surface area contributed by atoms with Crippen LogP contribution in [-0.2, 0) is 6.42 Å². The van der Waals surface area contributed by atoms with Gasteiger partial charge in [0.2, 0.25) is 0 Å². The maximum atomic E-state index is 12.9. The van der Waals surface area contributed by atoms with Gasteiger partial charge in [-0.25, -0.2) is 4.39 Å². The lowest BCUT2D eigenvalue weighted by Gasteiger charge is -2.16. The second-order valence-electron chi connectivity index (χ2n) is 4.46. The normalized spacial score (nSPS) is 12.4. The third-order valence-electron chi connectivity index (χ3n) is 3.00. The minimum atomic E-state index is -0.231. The van der Waals surface area contributed by atoms with Crippen LogP contribution in [0.4, 0.5) is 4.39 Å². The van der Waals surface area contributed by atoms with Crippen molar-refractivity contribution in [1.82, 2.24) is 5.43 Å². The highest BCUT2D eigenvalue weighted by molar-refractivity contribution is 5.26. The summed E-state index contributed by atoms with van der Waals surface area (Å²) in [5.41, 5.74) is 6.20. The first-order valence-electron chi connectivity index (χ1n) is 5.96. The number of hydrogen-bond acceptors (Lipinski definition) is 2. The molecule has 2 aromatic carbocycles. The minimum absolute atomic E-state index is 0.00704. The molecular weight excluding hydrogens is 227 g/mol. The summed E-state index contributed by atoms with van der Waals surface area (Å²) in [5.74, 6) is 5.35. The van der Waals surface area contributed by atoms with E-state index in [-0.39, 0.29) is 11.9 Å². The van der Waals surface area contributed by atoms with Gasteiger partial charge in [-0.15, -0.1) is 0 Å². The molecular formula is C15H17FN2. The molecule has 0 aliphatic rings. The molecule has 0 aliphatic heterocycles. The Kier molecular flexibility index (Phi) is 4.07. The van der Waals surface area contributed by atoms with Gasteiger partial charge in [0.15, 0.2) is 0 Å². The molecule has 2 nitrogen and oxygen atoms in total. The molecule has 0 aromatic heterocycles. The van der Waals surface area contributed by atoms with Crippen LogP contribution in [0.3, 0.4) is 0 Å². The number of hydrazine groups is 1. The molecule has 1 unspecified atom stereocenters. The lowest BCUT2D eigenvalue weighted by Crippen LogP contribution is -2.29. The van der Waals surface area contributed by atoms with E-state index in [0.717, 1.165) is 12.0 Å². The van der Waals surface area contributed by atoms with Gasteiger partial charge in [-0.1, -0.05) is 42.0 Å². The molecule has 2 rings (SSSR count). The topological polar surface area (TPSA) is 38.0 Å². The fraction of sp³-hybridized carbons (Fsp3) is 0.200. The van der Waals surface area contributed by atoms with Crippen LogP contribution in [0.15, 0.2) is 48.5 Å². The fourth-order valence-corrected chi connectivity index (χ4v) is 2.04. The number of halogens is 1. The summed E-state index contributed by atoms with van der Waals surface area (Å²) in [6, 6.07) is 14.7. The van der Waals surface area contributed by atoms with Crippen LogP contribution in [0.2, 0.25) is 0 Å². The van der Waals surface area contributed by atoms with E-state index in [1.165, 1.54) is 23.3 Å². The Morgan fingerprint density at radius 1 is 1.17 bits per heavy atom. The molecule has 0 spiro atoms. The molecule has 0 heterocycles. The van der Waals surface area contributed by atoms with Gasteiger partial charge in [0.1, 0.15) is 5.82 Å². The Hall–Kier alpha value is -1.71. The second kappa shape index (κ2) is 5.76. The highest BCUT2D eigenvalue weighted by atomic mass is 19.1. The van der Waals surface area contributed by atoms with Gasteiger partial charge in [0.25, 0.3) is 0 Å². The molecule has 0 radical (unpaired) electrons. The number of nitrogens with one attached hydrogen (secondary N) is 1. The van der Waals surface area contributed by atoms with Crippen LogP contribution in [0.1, 0.15) is 22.7 Å². The standard InChI is InChI=1S/C15H17FN2/c1-11-3-2-4-12(9-11)10-15(18-17)13-5-7-14(16)8-6-13/h2-9,15,18H,10,17H2,1H3. The molecule has 3 heteroatoms. The quantitative estimate of drug-likeness (QED) is 0.641. The zero-order chi connectivity index (χ0) is 13.0. The number of aryl methyl sites for hydroxylation is 1. The number of rotatable bonds is 4. The van der Waals surface area contributed by atoms with Crippen molar-refractivity contribution in [2.24, 2.45) is 5.84 Å². The predicted octanol–water partition coefficient (Wildman–Crippen LogP) is 2.88. The van der Waals surface area contributed by atoms with Gasteiger partial charge in [0.05, 0.1) is 0 Å². The zero-order valence-electron chi connectivity index (χ0n) is 10.4. The number of benzene rings is 2. The van der Waals surface area contributed by atoms with Gasteiger partial charge in [-0.05, 0) is 36.6 Å². The molecule has 3 N–H and O–H groups in total. The first-order valence-corrected chi connectivity index (χ1v) is 5.96. The predicted molar refractivity (Wildman–Crippen MR) is 71.3 cm³/mol. The maximum absolute atomic E-state index is 12.9. The molecule has 0 fully saturated rings. The molecule has 1 atom stereocenters. The molecule has 0 saturated heterocycles. The molecule has 0 saturated carbocycles. The zero-order valence-corrected chi connectivity index (χ0v) is 10.4. The third kappa shape index (κ3) is 3.15. The van der Waals surface area contributed by atoms with E-state index >= 15 is 0 Å². The highest BCUT2D eigenvalue weighted by Gasteiger charge is 2.10. The summed E-state index contributed by atoms with van der Waals surface area (Å²) >= 11 is 0. The first-order chi connectivity index (χ1) is 8.69. The van der Waals surface area contributed by atoms with E-state index < -0.39 is 0 Å². The first kappa shape index (κ1) is 12.7. The summed E-state index contributed by atoms with van der Waals surface area (Å²) in [6.45, 7) is 2.06. The Morgan fingerprint density at radius 3 is 2.50 bits per heavy atom. The van der Waals surface area contributed by atoms with Crippen molar-refractivity contribution in [3.63, 3.8) is 0 Å². The van der Waals surface area contributed by atoms with Crippen molar-refractivity contribution < 1.29 is 4.39 Å². The Morgan fingerprint density at radius 2 is 1.89 bits per heavy atom. The summed E-state index contributed by atoms with van der Waals surface area (Å²) < 4.78 is 12.9. The van der Waals surface area contributed by atoms with Gasteiger partial charge < -0.3 is 0 Å². The van der Waals surface area contributed by atoms with Crippen LogP contribution < -0.4 is 11.3 Å². The molecule has 0 aliphatic carbocycles. The van der Waals surface area contributed by atoms with Gasteiger partial charge in [-0.2, -0.15) is 0 Å². The molecule has 2 aromatic rings. The van der Waals surface area contributed by atoms with Crippen molar-refractivity contribution >= 4 is 0 Å². The minimum Gasteiger partial charge on any atom is -0.271 e. The Labute approximate surface area is 107 Å². The van der Waals surface area contributed by atoms with Crippen LogP contribution in [0, 0.1) is 12.7 Å². The van der Waals surface area contributed by atoms with E-state index in [9.17, 15) is 4.39 Å². The van der Waals surface area contributed by atoms with E-state index in [1.807, 2.05) is 6.07 Å². The van der Waals surface area contributed by atoms with Crippen LogP contribution in [-0.4, -0.2) is 0 Å². The van der Waals surface area contributed by atoms with E-state index in [2.05, 4.69) is 30.5 Å². The summed E-state index contributed by atoms with van der Waals surface area (Å²) in [6.07, 6.45) is 0.782. The lowest BCUT2D eigenvalue weighted by atomic mass is 9.98. The van der Waals surface area contributed by atoms with Crippen LogP contribution in [0.5, 0.6) is 0 Å². The second-order valence-corrected chi connectivity index (χ2v) is 4.46. The molecule has 0 bridgehead atoms. The molecule has 0 amide bonds. The Bertz CT molecular complexity index is 508. The average Bonchev–Trinajstić information content (AvgIpc) is 2.37. The smallest absolute Gasteiger partial charge is 0.123 e. The van der Waals surface area contributed by atoms with Crippen molar-refractivity contribution in [2.45, 2.75) is 19.4 Å². The third-order valence-corrected chi connectivity index (χ3v) is 3.00. The molecule has 94 valence electrons. The summed E-state index contributed by atoms with van der Waals surface area (Å²) in [4.78, 5) is 0. The highest BCUT2D eigenvalue weighted by Crippen LogP contribution is 2.18. The monoisotopic (exact) mass is 244 g/mol. The molecule has 18 heavy (non-hydrogen) atoms.